The molecule has 1 aromatic carbocycles. The summed E-state index contributed by atoms with van der Waals surface area (Å²) in [6.07, 6.45) is 4.65. The Morgan fingerprint density at radius 2 is 1.76 bits per heavy atom. The van der Waals surface area contributed by atoms with Gasteiger partial charge in [0, 0.05) is 24.5 Å². The van der Waals surface area contributed by atoms with Gasteiger partial charge in [0.2, 0.25) is 0 Å². The maximum absolute atomic E-state index is 14.0. The molecule has 5 rings (SSSR count). The Morgan fingerprint density at radius 1 is 1.13 bits per heavy atom. The van der Waals surface area contributed by atoms with E-state index in [9.17, 15) is 23.6 Å². The van der Waals surface area contributed by atoms with Crippen molar-refractivity contribution in [1.82, 2.24) is 15.1 Å². The van der Waals surface area contributed by atoms with E-state index in [4.69, 9.17) is 14.0 Å². The molecule has 1 N–H and O–H groups in total. The van der Waals surface area contributed by atoms with Crippen LogP contribution in [0.1, 0.15) is 85.6 Å². The first-order valence-electron chi connectivity index (χ1n) is 16.4. The van der Waals surface area contributed by atoms with Crippen LogP contribution < -0.4 is 5.32 Å². The van der Waals surface area contributed by atoms with Crippen LogP contribution in [-0.2, 0) is 25.3 Å². The molecule has 1 atom stereocenters. The fraction of sp³-hybridized carbons (Fsp3) is 0.676. The molecule has 1 aromatic rings. The van der Waals surface area contributed by atoms with Gasteiger partial charge in [0.15, 0.2) is 0 Å². The number of nitrogens with zero attached hydrogens (tertiary/aromatic N) is 3. The third-order valence-corrected chi connectivity index (χ3v) is 10.8. The first-order chi connectivity index (χ1) is 21.5. The van der Waals surface area contributed by atoms with E-state index >= 15 is 0 Å². The summed E-state index contributed by atoms with van der Waals surface area (Å²) in [6, 6.07) is 11.9. The number of ether oxygens (including phenoxy) is 1. The molecule has 12 heteroatoms. The number of fused-ring (bicyclic) bond motifs is 2. The molecule has 0 unspecified atom stereocenters. The van der Waals surface area contributed by atoms with Crippen molar-refractivity contribution in [3.8, 4) is 6.07 Å². The number of halogens is 2. The van der Waals surface area contributed by atoms with Crippen LogP contribution in [0.25, 0.3) is 0 Å². The summed E-state index contributed by atoms with van der Waals surface area (Å²) in [5.74, 6) is -3.72. The van der Waals surface area contributed by atoms with Gasteiger partial charge in [-0.2, -0.15) is 5.26 Å². The summed E-state index contributed by atoms with van der Waals surface area (Å²) >= 11 is 0. The van der Waals surface area contributed by atoms with E-state index in [2.05, 4.69) is 5.32 Å². The van der Waals surface area contributed by atoms with Crippen molar-refractivity contribution in [2.45, 2.75) is 127 Å². The van der Waals surface area contributed by atoms with Gasteiger partial charge in [0.05, 0.1) is 29.2 Å². The number of rotatable bonds is 10. The van der Waals surface area contributed by atoms with Crippen LogP contribution in [0.3, 0.4) is 0 Å². The largest absolute Gasteiger partial charge is 0.482 e. The Kier molecular flexibility index (Phi) is 9.37. The normalized spacial score (nSPS) is 27.5. The number of alkyl halides is 2. The number of carbonyl (C=O) groups excluding carboxylic acids is 2. The number of nitriles is 1. The van der Waals surface area contributed by atoms with Crippen molar-refractivity contribution in [2.75, 3.05) is 19.7 Å². The SMILES string of the molecule is CC(C)(C=C(C#N)C(=O)N1C2CCC1(COC(=O)N[C@@H](CCc1ccccc1)B1OC(C)(C)C(C)(C)O1)CC2)N1CCC(F)(F)C1. The highest BCUT2D eigenvalue weighted by atomic mass is 19.3. The minimum atomic E-state index is -2.79. The van der Waals surface area contributed by atoms with Gasteiger partial charge in [0.1, 0.15) is 18.2 Å². The molecule has 4 saturated heterocycles. The average molecular weight is 641 g/mol. The van der Waals surface area contributed by atoms with E-state index < -0.39 is 59.8 Å². The number of carbonyl (C=O) groups is 2. The van der Waals surface area contributed by atoms with E-state index in [1.807, 2.05) is 64.1 Å². The number of likely N-dealkylation sites (tertiary alicyclic amines) is 1. The molecule has 0 saturated carbocycles. The Hall–Kier alpha value is -3.01. The first-order valence-corrected chi connectivity index (χ1v) is 16.4. The van der Waals surface area contributed by atoms with Crippen LogP contribution in [0.2, 0.25) is 0 Å². The first kappa shape index (κ1) is 34.3. The zero-order chi connectivity index (χ0) is 33.5. The van der Waals surface area contributed by atoms with Crippen LogP contribution in [0.4, 0.5) is 13.6 Å². The van der Waals surface area contributed by atoms with Crippen molar-refractivity contribution in [3.05, 3.63) is 47.5 Å². The molecule has 4 aliphatic heterocycles. The van der Waals surface area contributed by atoms with Crippen molar-refractivity contribution < 1.29 is 32.4 Å². The van der Waals surface area contributed by atoms with E-state index in [0.29, 0.717) is 25.7 Å². The minimum Gasteiger partial charge on any atom is -0.447 e. The lowest BCUT2D eigenvalue weighted by molar-refractivity contribution is -0.132. The van der Waals surface area contributed by atoms with Gasteiger partial charge in [-0.05, 0) is 91.7 Å². The van der Waals surface area contributed by atoms with Crippen LogP contribution in [-0.4, -0.2) is 88.8 Å². The lowest BCUT2D eigenvalue weighted by Gasteiger charge is -2.36. The molecule has 0 aromatic heterocycles. The van der Waals surface area contributed by atoms with Crippen LogP contribution in [0, 0.1) is 11.3 Å². The molecule has 0 radical (unpaired) electrons. The molecule has 46 heavy (non-hydrogen) atoms. The average Bonchev–Trinajstić information content (AvgIpc) is 3.72. The highest BCUT2D eigenvalue weighted by molar-refractivity contribution is 6.48. The quantitative estimate of drug-likeness (QED) is 0.207. The van der Waals surface area contributed by atoms with Gasteiger partial charge in [-0.25, -0.2) is 13.6 Å². The summed E-state index contributed by atoms with van der Waals surface area (Å²) < 4.78 is 46.3. The minimum absolute atomic E-state index is 0.0176. The van der Waals surface area contributed by atoms with Crippen LogP contribution in [0.15, 0.2) is 42.0 Å². The molecule has 2 bridgehead atoms. The number of benzene rings is 1. The topological polar surface area (TPSA) is 104 Å². The van der Waals surface area contributed by atoms with Crippen LogP contribution in [0.5, 0.6) is 0 Å². The lowest BCUT2D eigenvalue weighted by Crippen LogP contribution is -2.52. The maximum atomic E-state index is 14.0. The summed E-state index contributed by atoms with van der Waals surface area (Å²) in [7, 11) is -0.679. The Balaban J connectivity index is 1.27. The monoisotopic (exact) mass is 640 g/mol. The number of hydrogen-bond donors (Lipinski definition) is 1. The number of nitrogens with one attached hydrogen (secondary N) is 1. The molecule has 4 fully saturated rings. The molecular weight excluding hydrogens is 593 g/mol. The summed E-state index contributed by atoms with van der Waals surface area (Å²) in [5, 5.41) is 13.0. The standard InChI is InChI=1S/C34H47BF2N4O5/c1-30(2,40-19-18-34(36,37)22-40)20-25(21-38)28(42)41-26-14-16-33(41,17-15-26)23-44-29(43)39-27(13-12-24-10-8-7-9-11-24)35-45-31(3,4)32(5,6)46-35/h7-11,20,26-27H,12-19,22-23H2,1-6H3,(H,39,43)/t26?,27-,33?/m0/s1. The Morgan fingerprint density at radius 3 is 2.33 bits per heavy atom. The fourth-order valence-electron chi connectivity index (χ4n) is 7.25. The van der Waals surface area contributed by atoms with Gasteiger partial charge < -0.3 is 24.3 Å². The van der Waals surface area contributed by atoms with Crippen molar-refractivity contribution >= 4 is 19.1 Å². The predicted molar refractivity (Wildman–Crippen MR) is 170 cm³/mol. The molecule has 0 spiro atoms. The third-order valence-electron chi connectivity index (χ3n) is 10.8. The molecule has 4 aliphatic rings. The van der Waals surface area contributed by atoms with Crippen LogP contribution >= 0.6 is 0 Å². The lowest BCUT2D eigenvalue weighted by atomic mass is 9.75. The Bertz CT molecular complexity index is 1350. The molecule has 250 valence electrons. The van der Waals surface area contributed by atoms with Gasteiger partial charge in [-0.15, -0.1) is 0 Å². The number of aryl methyl sites for hydroxylation is 1. The molecule has 2 amide bonds. The van der Waals surface area contributed by atoms with Gasteiger partial charge in [-0.1, -0.05) is 30.3 Å². The van der Waals surface area contributed by atoms with Gasteiger partial charge in [0.25, 0.3) is 11.8 Å². The summed E-state index contributed by atoms with van der Waals surface area (Å²) in [5.41, 5.74) is -1.75. The van der Waals surface area contributed by atoms with E-state index in [-0.39, 0.29) is 31.2 Å². The van der Waals surface area contributed by atoms with Gasteiger partial charge >= 0.3 is 13.2 Å². The second-order valence-electron chi connectivity index (χ2n) is 15.0. The van der Waals surface area contributed by atoms with Crippen molar-refractivity contribution in [3.63, 3.8) is 0 Å². The molecule has 9 nitrogen and oxygen atoms in total. The van der Waals surface area contributed by atoms with Crippen molar-refractivity contribution in [1.29, 1.82) is 5.26 Å². The zero-order valence-corrected chi connectivity index (χ0v) is 27.9. The number of hydrogen-bond acceptors (Lipinski definition) is 7. The summed E-state index contributed by atoms with van der Waals surface area (Å²) in [6.45, 7) is 11.1. The number of amides is 2. The van der Waals surface area contributed by atoms with E-state index in [1.54, 1.807) is 23.6 Å². The molecular formula is C34H47BF2N4O5. The molecule has 0 aliphatic carbocycles. The third kappa shape index (κ3) is 6.97. The van der Waals surface area contributed by atoms with Gasteiger partial charge in [-0.3, -0.25) is 9.69 Å². The zero-order valence-electron chi connectivity index (χ0n) is 27.9. The highest BCUT2D eigenvalue weighted by Crippen LogP contribution is 2.47. The van der Waals surface area contributed by atoms with Crippen molar-refractivity contribution in [2.24, 2.45) is 0 Å². The maximum Gasteiger partial charge on any atom is 0.482 e. The second kappa shape index (κ2) is 12.5. The summed E-state index contributed by atoms with van der Waals surface area (Å²) in [4.78, 5) is 30.5. The fourth-order valence-corrected chi connectivity index (χ4v) is 7.25. The highest BCUT2D eigenvalue weighted by Gasteiger charge is 2.56. The number of alkyl carbamates (subject to hydrolysis) is 1. The Labute approximate surface area is 271 Å². The smallest absolute Gasteiger partial charge is 0.447 e. The molecule has 4 heterocycles. The van der Waals surface area contributed by atoms with E-state index in [1.165, 1.54) is 6.08 Å². The second-order valence-corrected chi connectivity index (χ2v) is 15.0. The predicted octanol–water partition coefficient (Wildman–Crippen LogP) is 5.44. The van der Waals surface area contributed by atoms with E-state index in [0.717, 1.165) is 18.4 Å².